The maximum Gasteiger partial charge on any atom is 0.257 e. The average molecular weight is 279 g/mol. The van der Waals surface area contributed by atoms with Crippen LogP contribution in [0.2, 0.25) is 0 Å². The molecular weight excluding hydrogens is 266 g/mol. The Morgan fingerprint density at radius 2 is 2.11 bits per heavy atom. The fourth-order valence-electron chi connectivity index (χ4n) is 1.27. The molecule has 18 heavy (non-hydrogen) atoms. The van der Waals surface area contributed by atoms with Gasteiger partial charge in [-0.2, -0.15) is 0 Å². The molecule has 0 aliphatic rings. The number of hydrogen-bond donors (Lipinski definition) is 1. The van der Waals surface area contributed by atoms with E-state index in [9.17, 15) is 4.79 Å². The molecular formula is C12H13N3OS2. The number of thioether (sulfide) groups is 1. The zero-order chi connectivity index (χ0) is 12.8. The minimum Gasteiger partial charge on any atom is -0.296 e. The molecule has 94 valence electrons. The number of anilines is 1. The van der Waals surface area contributed by atoms with Gasteiger partial charge in [-0.1, -0.05) is 48.2 Å². The lowest BCUT2D eigenvalue weighted by Gasteiger charge is -1.99. The van der Waals surface area contributed by atoms with Crippen LogP contribution < -0.4 is 5.32 Å². The summed E-state index contributed by atoms with van der Waals surface area (Å²) in [6.07, 6.45) is 1.09. The molecule has 1 N–H and O–H groups in total. The number of carbonyl (C=O) groups is 1. The number of nitrogens with zero attached hydrogens (tertiary/aromatic N) is 2. The van der Waals surface area contributed by atoms with E-state index in [2.05, 4.69) is 22.4 Å². The van der Waals surface area contributed by atoms with Gasteiger partial charge in [-0.3, -0.25) is 10.1 Å². The highest BCUT2D eigenvalue weighted by Crippen LogP contribution is 2.26. The minimum absolute atomic E-state index is 0.154. The van der Waals surface area contributed by atoms with Gasteiger partial charge in [0.2, 0.25) is 5.13 Å². The highest BCUT2D eigenvalue weighted by molar-refractivity contribution is 8.01. The summed E-state index contributed by atoms with van der Waals surface area (Å²) in [5, 5.41) is 11.3. The monoisotopic (exact) mass is 279 g/mol. The third-order valence-corrected chi connectivity index (χ3v) is 4.27. The molecule has 0 radical (unpaired) electrons. The van der Waals surface area contributed by atoms with E-state index in [1.165, 1.54) is 11.3 Å². The van der Waals surface area contributed by atoms with Crippen LogP contribution >= 0.6 is 23.1 Å². The van der Waals surface area contributed by atoms with E-state index >= 15 is 0 Å². The number of carbonyl (C=O) groups excluding carboxylic acids is 1. The maximum atomic E-state index is 11.9. The van der Waals surface area contributed by atoms with Crippen LogP contribution in [-0.2, 0) is 0 Å². The molecule has 1 amide bonds. The van der Waals surface area contributed by atoms with E-state index in [1.54, 1.807) is 23.9 Å². The van der Waals surface area contributed by atoms with Crippen LogP contribution in [0.3, 0.4) is 0 Å². The summed E-state index contributed by atoms with van der Waals surface area (Å²) in [6.45, 7) is 2.12. The van der Waals surface area contributed by atoms with Crippen molar-refractivity contribution in [2.24, 2.45) is 0 Å². The Bertz CT molecular complexity index is 513. The molecule has 0 aliphatic heterocycles. The molecule has 1 heterocycles. The summed E-state index contributed by atoms with van der Waals surface area (Å²) in [4.78, 5) is 11.9. The standard InChI is InChI=1S/C12H13N3OS2/c1-2-8-17-12-15-14-11(18-12)13-10(16)9-6-4-3-5-7-9/h3-7H,2,8H2,1H3,(H,13,14,16). The van der Waals surface area contributed by atoms with Crippen molar-refractivity contribution < 1.29 is 4.79 Å². The summed E-state index contributed by atoms with van der Waals surface area (Å²) in [5.74, 6) is 0.861. The molecule has 0 atom stereocenters. The highest BCUT2D eigenvalue weighted by Gasteiger charge is 2.09. The predicted molar refractivity (Wildman–Crippen MR) is 75.3 cm³/mol. The van der Waals surface area contributed by atoms with Gasteiger partial charge in [0, 0.05) is 11.3 Å². The lowest BCUT2D eigenvalue weighted by Crippen LogP contribution is -2.11. The number of amides is 1. The summed E-state index contributed by atoms with van der Waals surface area (Å²) < 4.78 is 0.889. The zero-order valence-corrected chi connectivity index (χ0v) is 11.6. The first-order chi connectivity index (χ1) is 8.79. The molecule has 2 rings (SSSR count). The second kappa shape index (κ2) is 6.51. The Hall–Kier alpha value is -1.40. The normalized spacial score (nSPS) is 10.3. The Morgan fingerprint density at radius 3 is 2.83 bits per heavy atom. The van der Waals surface area contributed by atoms with E-state index in [4.69, 9.17) is 0 Å². The van der Waals surface area contributed by atoms with Crippen LogP contribution in [0.5, 0.6) is 0 Å². The van der Waals surface area contributed by atoms with Crippen molar-refractivity contribution in [2.75, 3.05) is 11.1 Å². The topological polar surface area (TPSA) is 54.9 Å². The Kier molecular flexibility index (Phi) is 4.72. The summed E-state index contributed by atoms with van der Waals surface area (Å²) in [6, 6.07) is 9.07. The molecule has 0 fully saturated rings. The number of aromatic nitrogens is 2. The van der Waals surface area contributed by atoms with Crippen molar-refractivity contribution in [2.45, 2.75) is 17.7 Å². The summed E-state index contributed by atoms with van der Waals surface area (Å²) >= 11 is 3.06. The molecule has 0 bridgehead atoms. The van der Waals surface area contributed by atoms with Crippen LogP contribution in [0.25, 0.3) is 0 Å². The second-order valence-electron chi connectivity index (χ2n) is 3.54. The first kappa shape index (κ1) is 13.0. The van der Waals surface area contributed by atoms with Crippen molar-refractivity contribution in [3.8, 4) is 0 Å². The van der Waals surface area contributed by atoms with E-state index < -0.39 is 0 Å². The Morgan fingerprint density at radius 1 is 1.33 bits per heavy atom. The Balaban J connectivity index is 1.97. The van der Waals surface area contributed by atoms with Crippen molar-refractivity contribution in [3.05, 3.63) is 35.9 Å². The molecule has 0 spiro atoms. The average Bonchev–Trinajstić information content (AvgIpc) is 2.85. The first-order valence-electron chi connectivity index (χ1n) is 5.62. The van der Waals surface area contributed by atoms with Gasteiger partial charge in [-0.05, 0) is 18.6 Å². The lowest BCUT2D eigenvalue weighted by molar-refractivity contribution is 0.102. The number of benzene rings is 1. The van der Waals surface area contributed by atoms with Crippen molar-refractivity contribution in [3.63, 3.8) is 0 Å². The van der Waals surface area contributed by atoms with Gasteiger partial charge in [0.25, 0.3) is 5.91 Å². The first-order valence-corrected chi connectivity index (χ1v) is 7.42. The molecule has 1 aromatic heterocycles. The zero-order valence-electron chi connectivity index (χ0n) is 9.92. The van der Waals surface area contributed by atoms with Crippen LogP contribution in [0, 0.1) is 0 Å². The molecule has 0 unspecified atom stereocenters. The van der Waals surface area contributed by atoms with Crippen LogP contribution in [0.15, 0.2) is 34.7 Å². The fraction of sp³-hybridized carbons (Fsp3) is 0.250. The van der Waals surface area contributed by atoms with E-state index in [1.807, 2.05) is 18.2 Å². The van der Waals surface area contributed by atoms with E-state index in [0.717, 1.165) is 16.5 Å². The van der Waals surface area contributed by atoms with Crippen LogP contribution in [-0.4, -0.2) is 21.9 Å². The number of hydrogen-bond acceptors (Lipinski definition) is 5. The van der Waals surface area contributed by atoms with E-state index in [0.29, 0.717) is 10.7 Å². The van der Waals surface area contributed by atoms with Gasteiger partial charge in [-0.15, -0.1) is 10.2 Å². The van der Waals surface area contributed by atoms with Crippen LogP contribution in [0.4, 0.5) is 5.13 Å². The lowest BCUT2D eigenvalue weighted by atomic mass is 10.2. The molecule has 0 saturated carbocycles. The quantitative estimate of drug-likeness (QED) is 0.674. The molecule has 6 heteroatoms. The van der Waals surface area contributed by atoms with Gasteiger partial charge in [-0.25, -0.2) is 0 Å². The van der Waals surface area contributed by atoms with Gasteiger partial charge in [0.05, 0.1) is 0 Å². The van der Waals surface area contributed by atoms with Crippen molar-refractivity contribution in [1.82, 2.24) is 10.2 Å². The third kappa shape index (κ3) is 3.54. The van der Waals surface area contributed by atoms with Crippen molar-refractivity contribution in [1.29, 1.82) is 0 Å². The second-order valence-corrected chi connectivity index (χ2v) is 5.86. The largest absolute Gasteiger partial charge is 0.296 e. The van der Waals surface area contributed by atoms with Gasteiger partial charge in [0.1, 0.15) is 0 Å². The summed E-state index contributed by atoms with van der Waals surface area (Å²) in [7, 11) is 0. The third-order valence-electron chi connectivity index (χ3n) is 2.09. The Labute approximate surface area is 114 Å². The summed E-state index contributed by atoms with van der Waals surface area (Å²) in [5.41, 5.74) is 0.621. The van der Waals surface area contributed by atoms with Crippen molar-refractivity contribution >= 4 is 34.1 Å². The fourth-order valence-corrected chi connectivity index (χ4v) is 2.94. The SMILES string of the molecule is CCCSc1nnc(NC(=O)c2ccccc2)s1. The molecule has 0 aliphatic carbocycles. The number of nitrogens with one attached hydrogen (secondary N) is 1. The molecule has 4 nitrogen and oxygen atoms in total. The van der Waals surface area contributed by atoms with Crippen LogP contribution in [0.1, 0.15) is 23.7 Å². The van der Waals surface area contributed by atoms with Gasteiger partial charge < -0.3 is 0 Å². The smallest absolute Gasteiger partial charge is 0.257 e. The molecule has 2 aromatic rings. The number of rotatable bonds is 5. The minimum atomic E-state index is -0.154. The van der Waals surface area contributed by atoms with Gasteiger partial charge >= 0.3 is 0 Å². The highest BCUT2D eigenvalue weighted by atomic mass is 32.2. The predicted octanol–water partition coefficient (Wildman–Crippen LogP) is 3.29. The van der Waals surface area contributed by atoms with Gasteiger partial charge in [0.15, 0.2) is 4.34 Å². The molecule has 1 aromatic carbocycles. The molecule has 0 saturated heterocycles. The van der Waals surface area contributed by atoms with E-state index in [-0.39, 0.29) is 5.91 Å². The maximum absolute atomic E-state index is 11.9.